The van der Waals surface area contributed by atoms with Crippen LogP contribution in [-0.2, 0) is 16.0 Å². The van der Waals surface area contributed by atoms with E-state index in [-0.39, 0.29) is 11.3 Å². The summed E-state index contributed by atoms with van der Waals surface area (Å²) >= 11 is 0. The number of hydrogen-bond acceptors (Lipinski definition) is 4. The van der Waals surface area contributed by atoms with E-state index in [9.17, 15) is 26.4 Å². The maximum absolute atomic E-state index is 13.1. The van der Waals surface area contributed by atoms with Gasteiger partial charge in [0.25, 0.3) is 5.91 Å². The molecule has 0 saturated heterocycles. The first kappa shape index (κ1) is 20.9. The molecule has 0 unspecified atom stereocenters. The van der Waals surface area contributed by atoms with Gasteiger partial charge >= 0.3 is 6.18 Å². The highest BCUT2D eigenvalue weighted by molar-refractivity contribution is 7.94. The topological polar surface area (TPSA) is 63.7 Å². The molecule has 29 heavy (non-hydrogen) atoms. The second-order valence-corrected chi connectivity index (χ2v) is 8.34. The van der Waals surface area contributed by atoms with Gasteiger partial charge in [-0.1, -0.05) is 6.07 Å². The van der Waals surface area contributed by atoms with Crippen molar-refractivity contribution in [1.82, 2.24) is 0 Å². The predicted octanol–water partition coefficient (Wildman–Crippen LogP) is 4.06. The van der Waals surface area contributed by atoms with Crippen molar-refractivity contribution in [1.29, 1.82) is 0 Å². The lowest BCUT2D eigenvalue weighted by molar-refractivity contribution is -0.137. The van der Waals surface area contributed by atoms with Gasteiger partial charge in [-0.2, -0.15) is 13.2 Å². The number of carbonyl (C=O) groups excluding carboxylic acids is 1. The van der Waals surface area contributed by atoms with Crippen LogP contribution in [0.3, 0.4) is 0 Å². The summed E-state index contributed by atoms with van der Waals surface area (Å²) in [6, 6.07) is 9.57. The lowest BCUT2D eigenvalue weighted by atomic mass is 10.1. The number of benzene rings is 2. The van der Waals surface area contributed by atoms with Crippen LogP contribution in [0.15, 0.2) is 60.0 Å². The Labute approximate surface area is 166 Å². The summed E-state index contributed by atoms with van der Waals surface area (Å²) < 4.78 is 68.2. The molecule has 1 aliphatic heterocycles. The highest BCUT2D eigenvalue weighted by Crippen LogP contribution is 2.31. The lowest BCUT2D eigenvalue weighted by Gasteiger charge is -2.28. The predicted molar refractivity (Wildman–Crippen MR) is 103 cm³/mol. The smallest absolute Gasteiger partial charge is 0.416 e. The molecule has 3 rings (SSSR count). The Hall–Kier alpha value is -2.81. The molecule has 2 aromatic carbocycles. The molecule has 1 aliphatic rings. The van der Waals surface area contributed by atoms with Gasteiger partial charge in [0, 0.05) is 16.7 Å². The van der Waals surface area contributed by atoms with Gasteiger partial charge in [0.1, 0.15) is 5.75 Å². The van der Waals surface area contributed by atoms with Crippen LogP contribution >= 0.6 is 0 Å². The van der Waals surface area contributed by atoms with Crippen molar-refractivity contribution in [2.45, 2.75) is 19.1 Å². The first-order valence-electron chi connectivity index (χ1n) is 8.75. The van der Waals surface area contributed by atoms with E-state index in [0.29, 0.717) is 18.0 Å². The number of nitrogens with zero attached hydrogens (tertiary/aromatic N) is 1. The number of amides is 1. The van der Waals surface area contributed by atoms with Gasteiger partial charge in [0.05, 0.1) is 24.0 Å². The minimum Gasteiger partial charge on any atom is -0.494 e. The second kappa shape index (κ2) is 7.90. The Morgan fingerprint density at radius 1 is 1.17 bits per heavy atom. The highest BCUT2D eigenvalue weighted by Gasteiger charge is 2.34. The van der Waals surface area contributed by atoms with E-state index in [1.807, 2.05) is 6.92 Å². The number of halogens is 3. The molecule has 0 N–H and O–H groups in total. The van der Waals surface area contributed by atoms with Gasteiger partial charge in [-0.3, -0.25) is 4.79 Å². The number of alkyl halides is 3. The summed E-state index contributed by atoms with van der Waals surface area (Å²) in [7, 11) is -3.49. The third-order valence-corrected chi connectivity index (χ3v) is 5.70. The molecule has 0 aromatic heterocycles. The molecule has 0 aliphatic carbocycles. The zero-order valence-corrected chi connectivity index (χ0v) is 16.2. The van der Waals surface area contributed by atoms with Gasteiger partial charge < -0.3 is 9.64 Å². The van der Waals surface area contributed by atoms with E-state index in [1.165, 1.54) is 17.0 Å². The zero-order valence-electron chi connectivity index (χ0n) is 15.4. The summed E-state index contributed by atoms with van der Waals surface area (Å²) in [5.41, 5.74) is -0.793. The molecule has 0 spiro atoms. The molecular weight excluding hydrogens is 407 g/mol. The van der Waals surface area contributed by atoms with Crippen molar-refractivity contribution in [3.05, 3.63) is 71.1 Å². The van der Waals surface area contributed by atoms with Crippen LogP contribution in [0, 0.1) is 0 Å². The second-order valence-electron chi connectivity index (χ2n) is 6.41. The molecule has 9 heteroatoms. The molecule has 154 valence electrons. The van der Waals surface area contributed by atoms with Crippen molar-refractivity contribution >= 4 is 21.4 Å². The van der Waals surface area contributed by atoms with Crippen LogP contribution in [0.5, 0.6) is 5.75 Å². The quantitative estimate of drug-likeness (QED) is 0.725. The number of rotatable bonds is 5. The monoisotopic (exact) mass is 425 g/mol. The van der Waals surface area contributed by atoms with Crippen LogP contribution in [0.25, 0.3) is 0 Å². The van der Waals surface area contributed by atoms with E-state index in [2.05, 4.69) is 0 Å². The van der Waals surface area contributed by atoms with Crippen molar-refractivity contribution < 1.29 is 31.1 Å². The lowest BCUT2D eigenvalue weighted by Crippen LogP contribution is -2.41. The minimum absolute atomic E-state index is 0.189. The fraction of sp³-hybridized carbons (Fsp3) is 0.250. The van der Waals surface area contributed by atoms with E-state index in [1.54, 1.807) is 24.3 Å². The van der Waals surface area contributed by atoms with Crippen LogP contribution in [0.4, 0.5) is 18.9 Å². The standard InChI is InChI=1S/C20H18F3NO4S/c1-2-28-18-8-6-16(7-9-18)24(17-10-11-29(26,27)13-17)19(25)14-4-3-5-15(12-14)20(21,22)23/h3-12,17H,2,13H2,1H3/t17-/m1/s1. The van der Waals surface area contributed by atoms with Gasteiger partial charge in [0.2, 0.25) is 0 Å². The Kier molecular flexibility index (Phi) is 5.70. The molecule has 2 aromatic rings. The van der Waals surface area contributed by atoms with Crippen LogP contribution < -0.4 is 9.64 Å². The van der Waals surface area contributed by atoms with Gasteiger partial charge in [-0.25, -0.2) is 8.42 Å². The van der Waals surface area contributed by atoms with Gasteiger partial charge in [-0.15, -0.1) is 0 Å². The number of anilines is 1. The third kappa shape index (κ3) is 4.79. The third-order valence-electron chi connectivity index (χ3n) is 4.32. The summed E-state index contributed by atoms with van der Waals surface area (Å²) in [6.07, 6.45) is -3.24. The maximum Gasteiger partial charge on any atom is 0.416 e. The Morgan fingerprint density at radius 3 is 2.41 bits per heavy atom. The van der Waals surface area contributed by atoms with Crippen LogP contribution in [-0.4, -0.2) is 32.7 Å². The van der Waals surface area contributed by atoms with Crippen LogP contribution in [0.1, 0.15) is 22.8 Å². The molecule has 1 amide bonds. The number of ether oxygens (including phenoxy) is 1. The highest BCUT2D eigenvalue weighted by atomic mass is 32.2. The van der Waals surface area contributed by atoms with Crippen molar-refractivity contribution in [3.8, 4) is 5.75 Å². The normalized spacial score (nSPS) is 17.9. The van der Waals surface area contributed by atoms with E-state index in [4.69, 9.17) is 4.74 Å². The summed E-state index contributed by atoms with van der Waals surface area (Å²) in [4.78, 5) is 14.3. The average Bonchev–Trinajstić information content (AvgIpc) is 3.02. The minimum atomic E-state index is -4.60. The Balaban J connectivity index is 2.01. The summed E-state index contributed by atoms with van der Waals surface area (Å²) in [5.74, 6) is -0.519. The molecule has 0 bridgehead atoms. The fourth-order valence-electron chi connectivity index (χ4n) is 3.02. The summed E-state index contributed by atoms with van der Waals surface area (Å²) in [5, 5.41) is 1.01. The number of carbonyl (C=O) groups is 1. The van der Waals surface area contributed by atoms with E-state index >= 15 is 0 Å². The van der Waals surface area contributed by atoms with Crippen molar-refractivity contribution in [3.63, 3.8) is 0 Å². The largest absolute Gasteiger partial charge is 0.494 e. The van der Waals surface area contributed by atoms with Crippen molar-refractivity contribution in [2.75, 3.05) is 17.3 Å². The molecule has 1 heterocycles. The van der Waals surface area contributed by atoms with Gasteiger partial charge in [0.15, 0.2) is 9.84 Å². The first-order chi connectivity index (χ1) is 13.6. The van der Waals surface area contributed by atoms with Crippen molar-refractivity contribution in [2.24, 2.45) is 0 Å². The SMILES string of the molecule is CCOc1ccc(N(C(=O)c2cccc(C(F)(F)F)c2)[C@@H]2C=CS(=O)(=O)C2)cc1. The summed E-state index contributed by atoms with van der Waals surface area (Å²) in [6.45, 7) is 2.25. The zero-order chi connectivity index (χ0) is 21.2. The van der Waals surface area contributed by atoms with E-state index in [0.717, 1.165) is 23.6 Å². The van der Waals surface area contributed by atoms with Gasteiger partial charge in [-0.05, 0) is 55.5 Å². The maximum atomic E-state index is 13.1. The molecule has 0 saturated carbocycles. The van der Waals surface area contributed by atoms with E-state index < -0.39 is 33.5 Å². The Bertz CT molecular complexity index is 1030. The van der Waals surface area contributed by atoms with Crippen LogP contribution in [0.2, 0.25) is 0 Å². The molecule has 1 atom stereocenters. The molecule has 0 radical (unpaired) electrons. The number of sulfone groups is 1. The fourth-order valence-corrected chi connectivity index (χ4v) is 4.28. The average molecular weight is 425 g/mol. The molecular formula is C20H18F3NO4S. The Morgan fingerprint density at radius 2 is 1.86 bits per heavy atom. The first-order valence-corrected chi connectivity index (χ1v) is 10.5. The molecule has 5 nitrogen and oxygen atoms in total. The molecule has 0 fully saturated rings. The number of hydrogen-bond donors (Lipinski definition) is 0.